The van der Waals surface area contributed by atoms with E-state index in [0.29, 0.717) is 6.04 Å². The van der Waals surface area contributed by atoms with E-state index in [9.17, 15) is 0 Å². The van der Waals surface area contributed by atoms with Gasteiger partial charge in [0, 0.05) is 3.57 Å². The van der Waals surface area contributed by atoms with Crippen LogP contribution in [0.3, 0.4) is 0 Å². The quantitative estimate of drug-likeness (QED) is 0.478. The van der Waals surface area contributed by atoms with Gasteiger partial charge >= 0.3 is 0 Å². The van der Waals surface area contributed by atoms with E-state index in [1.165, 1.54) is 37.7 Å². The second-order valence-electron chi connectivity index (χ2n) is 5.44. The fraction of sp³-hybridized carbons (Fsp3) is 0.529. The monoisotopic (exact) mass is 403 g/mol. The highest BCUT2D eigenvalue weighted by molar-refractivity contribution is 14.1. The third kappa shape index (κ3) is 4.47. The minimum absolute atomic E-state index is 0.336. The minimum atomic E-state index is 0.336. The van der Waals surface area contributed by atoms with E-state index in [-0.39, 0.29) is 0 Å². The number of nitrogens with one attached hydrogen (secondary N) is 1. The van der Waals surface area contributed by atoms with Gasteiger partial charge in [-0.25, -0.2) is 0 Å². The summed E-state index contributed by atoms with van der Waals surface area (Å²) in [5.74, 6) is 0. The van der Waals surface area contributed by atoms with Crippen molar-refractivity contribution in [3.63, 3.8) is 0 Å². The Bertz CT molecular complexity index is 470. The number of rotatable bonds is 5. The highest BCUT2D eigenvalue weighted by Crippen LogP contribution is 2.31. The van der Waals surface area contributed by atoms with Crippen LogP contribution in [0.5, 0.6) is 0 Å². The molecule has 0 spiro atoms. The molecular weight excluding hydrogens is 381 g/mol. The first-order valence-electron chi connectivity index (χ1n) is 7.59. The van der Waals surface area contributed by atoms with Crippen LogP contribution in [0.4, 0.5) is 0 Å². The summed E-state index contributed by atoms with van der Waals surface area (Å²) in [6.45, 7) is 3.26. The van der Waals surface area contributed by atoms with Crippen molar-refractivity contribution in [1.82, 2.24) is 5.32 Å². The molecule has 0 saturated heterocycles. The highest BCUT2D eigenvalue weighted by atomic mass is 127. The topological polar surface area (TPSA) is 12.0 Å². The molecule has 0 amide bonds. The van der Waals surface area contributed by atoms with Crippen molar-refractivity contribution in [3.05, 3.63) is 44.0 Å². The lowest BCUT2D eigenvalue weighted by molar-refractivity contribution is 0.567. The van der Waals surface area contributed by atoms with Gasteiger partial charge in [0.1, 0.15) is 0 Å². The molecule has 1 aromatic carbocycles. The Morgan fingerprint density at radius 1 is 1.30 bits per heavy atom. The third-order valence-corrected chi connectivity index (χ3v) is 5.39. The van der Waals surface area contributed by atoms with Crippen molar-refractivity contribution < 1.29 is 0 Å². The molecule has 0 radical (unpaired) electrons. The molecule has 0 aliphatic heterocycles. The van der Waals surface area contributed by atoms with Crippen LogP contribution in [-0.4, -0.2) is 6.54 Å². The second-order valence-corrected chi connectivity index (χ2v) is 7.01. The van der Waals surface area contributed by atoms with E-state index >= 15 is 0 Å². The van der Waals surface area contributed by atoms with Gasteiger partial charge in [-0.05, 0) is 78.9 Å². The molecule has 2 rings (SSSR count). The maximum atomic E-state index is 6.31. The Morgan fingerprint density at radius 3 is 2.90 bits per heavy atom. The van der Waals surface area contributed by atoms with Crippen molar-refractivity contribution in [2.75, 3.05) is 6.54 Å². The molecule has 0 heterocycles. The van der Waals surface area contributed by atoms with Crippen molar-refractivity contribution in [1.29, 1.82) is 0 Å². The molecule has 20 heavy (non-hydrogen) atoms. The number of halogens is 2. The predicted octanol–water partition coefficient (Wildman–Crippen LogP) is 5.88. The zero-order valence-corrected chi connectivity index (χ0v) is 15.0. The van der Waals surface area contributed by atoms with Gasteiger partial charge in [0.2, 0.25) is 0 Å². The summed E-state index contributed by atoms with van der Waals surface area (Å²) in [7, 11) is 0. The summed E-state index contributed by atoms with van der Waals surface area (Å²) in [6.07, 6.45) is 10.0. The molecule has 1 unspecified atom stereocenters. The lowest BCUT2D eigenvalue weighted by Crippen LogP contribution is -2.24. The molecular formula is C17H23ClIN. The van der Waals surface area contributed by atoms with Crippen LogP contribution >= 0.6 is 34.2 Å². The molecule has 110 valence electrons. The molecule has 1 nitrogen and oxygen atoms in total. The first-order valence-corrected chi connectivity index (χ1v) is 9.05. The zero-order chi connectivity index (χ0) is 14.4. The largest absolute Gasteiger partial charge is 0.307 e. The van der Waals surface area contributed by atoms with Crippen LogP contribution in [-0.2, 0) is 0 Å². The fourth-order valence-corrected chi connectivity index (χ4v) is 3.27. The molecule has 0 saturated carbocycles. The summed E-state index contributed by atoms with van der Waals surface area (Å²) in [6, 6.07) is 6.80. The summed E-state index contributed by atoms with van der Waals surface area (Å²) in [4.78, 5) is 0. The van der Waals surface area contributed by atoms with E-state index in [1.54, 1.807) is 5.57 Å². The van der Waals surface area contributed by atoms with Gasteiger partial charge in [-0.15, -0.1) is 0 Å². The van der Waals surface area contributed by atoms with Crippen LogP contribution in [0.15, 0.2) is 29.8 Å². The molecule has 0 aromatic heterocycles. The van der Waals surface area contributed by atoms with Crippen LogP contribution < -0.4 is 5.32 Å². The molecule has 1 aliphatic rings. The normalized spacial score (nSPS) is 17.4. The van der Waals surface area contributed by atoms with Gasteiger partial charge in [-0.2, -0.15) is 0 Å². The average Bonchev–Trinajstić information content (AvgIpc) is 2.72. The second kappa shape index (κ2) is 8.40. The van der Waals surface area contributed by atoms with Crippen molar-refractivity contribution in [2.45, 2.75) is 51.5 Å². The standard InChI is InChI=1S/C17H23ClIN/c1-2-11-20-17(13-7-5-3-4-6-8-13)14-9-10-16(19)15(18)12-14/h7,9-10,12,17,20H,2-6,8,11H2,1H3. The van der Waals surface area contributed by atoms with Gasteiger partial charge in [-0.3, -0.25) is 0 Å². The molecule has 0 bridgehead atoms. The summed E-state index contributed by atoms with van der Waals surface area (Å²) in [5, 5.41) is 4.56. The first-order chi connectivity index (χ1) is 9.72. The van der Waals surface area contributed by atoms with E-state index in [4.69, 9.17) is 11.6 Å². The van der Waals surface area contributed by atoms with E-state index in [1.807, 2.05) is 0 Å². The zero-order valence-electron chi connectivity index (χ0n) is 12.1. The Kier molecular flexibility index (Phi) is 6.85. The van der Waals surface area contributed by atoms with Crippen molar-refractivity contribution >= 4 is 34.2 Å². The fourth-order valence-electron chi connectivity index (χ4n) is 2.75. The smallest absolute Gasteiger partial charge is 0.0542 e. The summed E-state index contributed by atoms with van der Waals surface area (Å²) >= 11 is 8.60. The number of hydrogen-bond acceptors (Lipinski definition) is 1. The SMILES string of the molecule is CCCNC(C1=CCCCCC1)c1ccc(I)c(Cl)c1. The van der Waals surface area contributed by atoms with Gasteiger partial charge in [0.15, 0.2) is 0 Å². The summed E-state index contributed by atoms with van der Waals surface area (Å²) < 4.78 is 1.12. The lowest BCUT2D eigenvalue weighted by Gasteiger charge is -2.22. The van der Waals surface area contributed by atoms with Gasteiger partial charge in [0.25, 0.3) is 0 Å². The van der Waals surface area contributed by atoms with E-state index in [0.717, 1.165) is 21.6 Å². The molecule has 1 atom stereocenters. The lowest BCUT2D eigenvalue weighted by atomic mass is 9.95. The maximum absolute atomic E-state index is 6.31. The van der Waals surface area contributed by atoms with E-state index < -0.39 is 0 Å². The minimum Gasteiger partial charge on any atom is -0.307 e. The number of allylic oxidation sites excluding steroid dienone is 1. The van der Waals surface area contributed by atoms with Gasteiger partial charge < -0.3 is 5.32 Å². The molecule has 1 aliphatic carbocycles. The Hall–Kier alpha value is -0.0600. The van der Waals surface area contributed by atoms with Crippen molar-refractivity contribution in [3.8, 4) is 0 Å². The Labute approximate surface area is 141 Å². The molecule has 0 fully saturated rings. The average molecular weight is 404 g/mol. The highest BCUT2D eigenvalue weighted by Gasteiger charge is 2.17. The van der Waals surface area contributed by atoms with Gasteiger partial charge in [-0.1, -0.05) is 42.7 Å². The maximum Gasteiger partial charge on any atom is 0.0542 e. The van der Waals surface area contributed by atoms with Crippen LogP contribution in [0.25, 0.3) is 0 Å². The van der Waals surface area contributed by atoms with Crippen LogP contribution in [0, 0.1) is 3.57 Å². The number of hydrogen-bond donors (Lipinski definition) is 1. The summed E-state index contributed by atoms with van der Waals surface area (Å²) in [5.41, 5.74) is 2.85. The number of benzene rings is 1. The Morgan fingerprint density at radius 2 is 2.15 bits per heavy atom. The molecule has 1 N–H and O–H groups in total. The Balaban J connectivity index is 2.25. The predicted molar refractivity (Wildman–Crippen MR) is 96.4 cm³/mol. The van der Waals surface area contributed by atoms with Crippen molar-refractivity contribution in [2.24, 2.45) is 0 Å². The molecule has 1 aromatic rings. The molecule has 3 heteroatoms. The van der Waals surface area contributed by atoms with Crippen LogP contribution in [0.2, 0.25) is 5.02 Å². The van der Waals surface area contributed by atoms with E-state index in [2.05, 4.69) is 59.1 Å². The third-order valence-electron chi connectivity index (χ3n) is 3.82. The first kappa shape index (κ1) is 16.3. The van der Waals surface area contributed by atoms with Crippen LogP contribution in [0.1, 0.15) is 57.1 Å². The van der Waals surface area contributed by atoms with Gasteiger partial charge in [0.05, 0.1) is 11.1 Å².